The van der Waals surface area contributed by atoms with Crippen molar-refractivity contribution in [3.05, 3.63) is 20.7 Å². The van der Waals surface area contributed by atoms with Crippen molar-refractivity contribution in [2.45, 2.75) is 51.0 Å². The molecule has 0 radical (unpaired) electrons. The van der Waals surface area contributed by atoms with Crippen LogP contribution in [0, 0.1) is 0 Å². The summed E-state index contributed by atoms with van der Waals surface area (Å²) in [6.45, 7) is 0.309. The molecule has 1 aliphatic rings. The number of hydrogen-bond acceptors (Lipinski definition) is 3. The van der Waals surface area contributed by atoms with E-state index in [0.717, 1.165) is 18.5 Å². The maximum absolute atomic E-state index is 11.7. The zero-order valence-corrected chi connectivity index (χ0v) is 10.5. The molecule has 1 N–H and O–H groups in total. The Morgan fingerprint density at radius 3 is 2.76 bits per heavy atom. The van der Waals surface area contributed by atoms with Gasteiger partial charge in [-0.25, -0.2) is 0 Å². The maximum Gasteiger partial charge on any atom is 0.307 e. The first kappa shape index (κ1) is 12.4. The minimum absolute atomic E-state index is 0.0215. The second-order valence-corrected chi connectivity index (χ2v) is 5.38. The first-order valence-electron chi connectivity index (χ1n) is 6.08. The van der Waals surface area contributed by atoms with Gasteiger partial charge in [-0.15, -0.1) is 0 Å². The third-order valence-corrected chi connectivity index (χ3v) is 4.17. The van der Waals surface area contributed by atoms with Gasteiger partial charge in [0, 0.05) is 23.5 Å². The zero-order valence-electron chi connectivity index (χ0n) is 9.72. The molecule has 1 fully saturated rings. The van der Waals surface area contributed by atoms with Crippen LogP contribution in [-0.4, -0.2) is 15.6 Å². The number of carboxylic acids is 1. The SMILES string of the molecule is O=C(O)CCn1c(C2CCCCC2)csc1=O. The van der Waals surface area contributed by atoms with Crippen LogP contribution in [0.15, 0.2) is 10.2 Å². The van der Waals surface area contributed by atoms with Crippen molar-refractivity contribution < 1.29 is 9.90 Å². The Balaban J connectivity index is 2.15. The second-order valence-electron chi connectivity index (χ2n) is 4.56. The molecular weight excluding hydrogens is 238 g/mol. The second kappa shape index (κ2) is 5.49. The van der Waals surface area contributed by atoms with Gasteiger partial charge in [0.25, 0.3) is 0 Å². The van der Waals surface area contributed by atoms with Gasteiger partial charge in [0.15, 0.2) is 0 Å². The van der Waals surface area contributed by atoms with Gasteiger partial charge in [-0.3, -0.25) is 9.59 Å². The van der Waals surface area contributed by atoms with Crippen molar-refractivity contribution in [3.63, 3.8) is 0 Å². The summed E-state index contributed by atoms with van der Waals surface area (Å²) in [7, 11) is 0. The number of rotatable bonds is 4. The van der Waals surface area contributed by atoms with Gasteiger partial charge < -0.3 is 9.67 Å². The fourth-order valence-corrected chi connectivity index (χ4v) is 3.35. The summed E-state index contributed by atoms with van der Waals surface area (Å²) in [4.78, 5) is 22.2. The number of aromatic nitrogens is 1. The molecule has 0 aliphatic heterocycles. The highest BCUT2D eigenvalue weighted by molar-refractivity contribution is 7.07. The van der Waals surface area contributed by atoms with Crippen LogP contribution in [0.2, 0.25) is 0 Å². The number of carbonyl (C=O) groups is 1. The molecule has 0 amide bonds. The lowest BCUT2D eigenvalue weighted by Crippen LogP contribution is -2.20. The summed E-state index contributed by atoms with van der Waals surface area (Å²) in [5, 5.41) is 10.6. The molecule has 1 aromatic heterocycles. The van der Waals surface area contributed by atoms with Crippen LogP contribution in [0.4, 0.5) is 0 Å². The highest BCUT2D eigenvalue weighted by atomic mass is 32.1. The summed E-state index contributed by atoms with van der Waals surface area (Å²) in [5.41, 5.74) is 1.06. The van der Waals surface area contributed by atoms with Crippen molar-refractivity contribution in [1.29, 1.82) is 0 Å². The minimum Gasteiger partial charge on any atom is -0.481 e. The van der Waals surface area contributed by atoms with Crippen LogP contribution < -0.4 is 4.87 Å². The summed E-state index contributed by atoms with van der Waals surface area (Å²) >= 11 is 1.19. The van der Waals surface area contributed by atoms with Crippen LogP contribution in [0.5, 0.6) is 0 Å². The Kier molecular flexibility index (Phi) is 3.99. The predicted octanol–water partition coefficient (Wildman–Crippen LogP) is 2.43. The summed E-state index contributed by atoms with van der Waals surface area (Å²) in [5.74, 6) is -0.394. The lowest BCUT2D eigenvalue weighted by molar-refractivity contribution is -0.137. The predicted molar refractivity (Wildman–Crippen MR) is 66.7 cm³/mol. The van der Waals surface area contributed by atoms with E-state index in [9.17, 15) is 9.59 Å². The van der Waals surface area contributed by atoms with Crippen LogP contribution in [0.1, 0.15) is 50.1 Å². The van der Waals surface area contributed by atoms with E-state index in [1.54, 1.807) is 4.57 Å². The van der Waals surface area contributed by atoms with Gasteiger partial charge in [-0.2, -0.15) is 0 Å². The smallest absolute Gasteiger partial charge is 0.307 e. The van der Waals surface area contributed by atoms with Gasteiger partial charge in [0.2, 0.25) is 0 Å². The molecule has 0 unspecified atom stereocenters. The van der Waals surface area contributed by atoms with Crippen molar-refractivity contribution in [3.8, 4) is 0 Å². The maximum atomic E-state index is 11.7. The Labute approximate surface area is 104 Å². The number of hydrogen-bond donors (Lipinski definition) is 1. The van der Waals surface area contributed by atoms with Crippen LogP contribution in [-0.2, 0) is 11.3 Å². The molecule has 1 aliphatic carbocycles. The molecule has 5 heteroatoms. The van der Waals surface area contributed by atoms with Gasteiger partial charge >= 0.3 is 10.8 Å². The highest BCUT2D eigenvalue weighted by Gasteiger charge is 2.20. The topological polar surface area (TPSA) is 59.3 Å². The molecule has 0 atom stereocenters. The van der Waals surface area contributed by atoms with E-state index in [4.69, 9.17) is 5.11 Å². The molecule has 0 aromatic carbocycles. The van der Waals surface area contributed by atoms with Gasteiger partial charge in [-0.05, 0) is 12.8 Å². The normalized spacial score (nSPS) is 17.2. The molecule has 2 rings (SSSR count). The largest absolute Gasteiger partial charge is 0.481 e. The molecule has 1 heterocycles. The van der Waals surface area contributed by atoms with Gasteiger partial charge in [0.1, 0.15) is 0 Å². The Morgan fingerprint density at radius 1 is 1.41 bits per heavy atom. The van der Waals surface area contributed by atoms with E-state index >= 15 is 0 Å². The van der Waals surface area contributed by atoms with E-state index in [1.165, 1.54) is 30.6 Å². The molecular formula is C12H17NO3S. The Hall–Kier alpha value is -1.10. The quantitative estimate of drug-likeness (QED) is 0.899. The molecule has 1 saturated carbocycles. The third-order valence-electron chi connectivity index (χ3n) is 3.39. The van der Waals surface area contributed by atoms with Crippen LogP contribution in [0.3, 0.4) is 0 Å². The van der Waals surface area contributed by atoms with Crippen molar-refractivity contribution >= 4 is 17.3 Å². The van der Waals surface area contributed by atoms with Crippen LogP contribution in [0.25, 0.3) is 0 Å². The number of thiazole rings is 1. The van der Waals surface area contributed by atoms with E-state index in [-0.39, 0.29) is 11.3 Å². The Morgan fingerprint density at radius 2 is 2.12 bits per heavy atom. The number of nitrogens with zero attached hydrogens (tertiary/aromatic N) is 1. The molecule has 1 aromatic rings. The summed E-state index contributed by atoms with van der Waals surface area (Å²) in [6.07, 6.45) is 5.99. The highest BCUT2D eigenvalue weighted by Crippen LogP contribution is 2.32. The van der Waals surface area contributed by atoms with Gasteiger partial charge in [0.05, 0.1) is 6.42 Å². The average Bonchev–Trinajstić information content (AvgIpc) is 2.69. The number of aliphatic carboxylic acids is 1. The van der Waals surface area contributed by atoms with Crippen molar-refractivity contribution in [1.82, 2.24) is 4.57 Å². The van der Waals surface area contributed by atoms with E-state index in [1.807, 2.05) is 5.38 Å². The molecule has 4 nitrogen and oxygen atoms in total. The van der Waals surface area contributed by atoms with Crippen LogP contribution >= 0.6 is 11.3 Å². The fraction of sp³-hybridized carbons (Fsp3) is 0.667. The van der Waals surface area contributed by atoms with E-state index < -0.39 is 5.97 Å². The molecule has 0 bridgehead atoms. The van der Waals surface area contributed by atoms with E-state index in [0.29, 0.717) is 12.5 Å². The molecule has 0 saturated heterocycles. The standard InChI is InChI=1S/C12H17NO3S/c14-11(15)6-7-13-10(8-17-12(13)16)9-4-2-1-3-5-9/h8-9H,1-7H2,(H,14,15). The third kappa shape index (κ3) is 2.97. The lowest BCUT2D eigenvalue weighted by atomic mass is 9.87. The summed E-state index contributed by atoms with van der Waals surface area (Å²) < 4.78 is 1.66. The molecule has 0 spiro atoms. The van der Waals surface area contributed by atoms with Crippen molar-refractivity contribution in [2.75, 3.05) is 0 Å². The van der Waals surface area contributed by atoms with Gasteiger partial charge in [-0.1, -0.05) is 30.6 Å². The fourth-order valence-electron chi connectivity index (χ4n) is 2.49. The molecule has 94 valence electrons. The lowest BCUT2D eigenvalue weighted by Gasteiger charge is -2.22. The monoisotopic (exact) mass is 255 g/mol. The first-order valence-corrected chi connectivity index (χ1v) is 6.96. The zero-order chi connectivity index (χ0) is 12.3. The molecule has 17 heavy (non-hydrogen) atoms. The Bertz CT molecular complexity index is 443. The first-order chi connectivity index (χ1) is 8.18. The van der Waals surface area contributed by atoms with Crippen molar-refractivity contribution in [2.24, 2.45) is 0 Å². The van der Waals surface area contributed by atoms with E-state index in [2.05, 4.69) is 0 Å². The number of carboxylic acid groups (broad SMARTS) is 1. The average molecular weight is 255 g/mol. The minimum atomic E-state index is -0.849. The summed E-state index contributed by atoms with van der Waals surface area (Å²) in [6, 6.07) is 0.